The van der Waals surface area contributed by atoms with Gasteiger partial charge in [0.25, 0.3) is 5.24 Å². The van der Waals surface area contributed by atoms with Crippen molar-refractivity contribution < 1.29 is 23.9 Å². The second-order valence-corrected chi connectivity index (χ2v) is 7.75. The summed E-state index contributed by atoms with van der Waals surface area (Å²) in [6.45, 7) is 3.53. The number of nitrogens with one attached hydrogen (secondary N) is 1. The third-order valence-electron chi connectivity index (χ3n) is 4.40. The van der Waals surface area contributed by atoms with E-state index in [0.717, 1.165) is 35.0 Å². The van der Waals surface area contributed by atoms with Gasteiger partial charge >= 0.3 is 5.97 Å². The number of rotatable bonds is 8. The smallest absolute Gasteiger partial charge is 0.303 e. The molecule has 0 saturated carbocycles. The van der Waals surface area contributed by atoms with Gasteiger partial charge in [-0.25, -0.2) is 0 Å². The van der Waals surface area contributed by atoms with Gasteiger partial charge in [0, 0.05) is 24.4 Å². The number of nitrogens with zero attached hydrogens (tertiary/aromatic N) is 1. The fourth-order valence-corrected chi connectivity index (χ4v) is 3.73. The molecule has 1 N–H and O–H groups in total. The van der Waals surface area contributed by atoms with Gasteiger partial charge in [0.2, 0.25) is 5.91 Å². The largest absolute Gasteiger partial charge is 0.489 e. The number of amides is 2. The van der Waals surface area contributed by atoms with Gasteiger partial charge < -0.3 is 9.47 Å². The van der Waals surface area contributed by atoms with E-state index < -0.39 is 17.3 Å². The molecule has 3 rings (SSSR count). The maximum Gasteiger partial charge on any atom is 0.303 e. The number of pyridine rings is 1. The van der Waals surface area contributed by atoms with Gasteiger partial charge in [-0.05, 0) is 36.6 Å². The van der Waals surface area contributed by atoms with Gasteiger partial charge in [0.1, 0.15) is 12.4 Å². The van der Waals surface area contributed by atoms with E-state index in [9.17, 15) is 14.4 Å². The molecular formula is C21H22N2O5S. The SMILES string of the molecule is CCc1ccc([C@@H](COc2ccc(CC3SC(=O)NC3=O)cc2)OC(C)=O)cn1. The molecule has 0 radical (unpaired) electrons. The Balaban J connectivity index is 1.60. The van der Waals surface area contributed by atoms with E-state index in [1.807, 2.05) is 31.2 Å². The maximum atomic E-state index is 11.7. The average Bonchev–Trinajstić information content (AvgIpc) is 3.03. The Morgan fingerprint density at radius 1 is 1.21 bits per heavy atom. The Morgan fingerprint density at radius 3 is 2.52 bits per heavy atom. The van der Waals surface area contributed by atoms with Gasteiger partial charge in [-0.1, -0.05) is 36.9 Å². The highest BCUT2D eigenvalue weighted by atomic mass is 32.2. The van der Waals surface area contributed by atoms with Crippen LogP contribution in [0.1, 0.15) is 36.8 Å². The van der Waals surface area contributed by atoms with Crippen LogP contribution in [0.3, 0.4) is 0 Å². The lowest BCUT2D eigenvalue weighted by Gasteiger charge is -2.18. The van der Waals surface area contributed by atoms with Crippen molar-refractivity contribution in [1.29, 1.82) is 0 Å². The predicted octanol–water partition coefficient (Wildman–Crippen LogP) is 3.22. The fourth-order valence-electron chi connectivity index (χ4n) is 2.87. The summed E-state index contributed by atoms with van der Waals surface area (Å²) < 4.78 is 11.2. The normalized spacial score (nSPS) is 17.0. The Kier molecular flexibility index (Phi) is 6.87. The molecule has 7 nitrogen and oxygen atoms in total. The topological polar surface area (TPSA) is 94.6 Å². The van der Waals surface area contributed by atoms with Crippen LogP contribution in [-0.2, 0) is 27.2 Å². The minimum atomic E-state index is -0.560. The molecule has 1 saturated heterocycles. The number of imide groups is 1. The van der Waals surface area contributed by atoms with Crippen LogP contribution in [0, 0.1) is 0 Å². The second kappa shape index (κ2) is 9.56. The van der Waals surface area contributed by atoms with E-state index in [1.54, 1.807) is 18.3 Å². The molecule has 1 aromatic heterocycles. The second-order valence-electron chi connectivity index (χ2n) is 6.58. The summed E-state index contributed by atoms with van der Waals surface area (Å²) in [6, 6.07) is 11.1. The molecule has 0 bridgehead atoms. The molecule has 1 unspecified atom stereocenters. The summed E-state index contributed by atoms with van der Waals surface area (Å²) in [5.74, 6) is -0.0358. The number of aryl methyl sites for hydroxylation is 1. The van der Waals surface area contributed by atoms with Crippen LogP contribution >= 0.6 is 11.8 Å². The first-order valence-electron chi connectivity index (χ1n) is 9.30. The van der Waals surface area contributed by atoms with Crippen molar-refractivity contribution in [2.75, 3.05) is 6.61 Å². The number of carbonyl (C=O) groups is 3. The van der Waals surface area contributed by atoms with Crippen molar-refractivity contribution in [3.8, 4) is 5.75 Å². The van der Waals surface area contributed by atoms with Crippen LogP contribution in [0.4, 0.5) is 4.79 Å². The lowest BCUT2D eigenvalue weighted by Crippen LogP contribution is -2.25. The van der Waals surface area contributed by atoms with Gasteiger partial charge in [-0.15, -0.1) is 0 Å². The van der Waals surface area contributed by atoms with Gasteiger partial charge in [0.05, 0.1) is 5.25 Å². The standard InChI is InChI=1S/C21H22N2O5S/c1-3-16-7-6-15(11-22-16)18(28-13(2)24)12-27-17-8-4-14(5-9-17)10-19-20(25)23-21(26)29-19/h4-9,11,18-19H,3,10,12H2,1-2H3,(H,23,25,26)/t18-,19?/m1/s1. The number of carbonyl (C=O) groups excluding carboxylic acids is 3. The average molecular weight is 414 g/mol. The highest BCUT2D eigenvalue weighted by Gasteiger charge is 2.31. The molecular weight excluding hydrogens is 392 g/mol. The molecule has 152 valence electrons. The number of ether oxygens (including phenoxy) is 2. The van der Waals surface area contributed by atoms with Gasteiger partial charge in [-0.2, -0.15) is 0 Å². The van der Waals surface area contributed by atoms with Crippen molar-refractivity contribution >= 4 is 28.9 Å². The van der Waals surface area contributed by atoms with Crippen LogP contribution in [0.25, 0.3) is 0 Å². The number of esters is 1. The fraction of sp³-hybridized carbons (Fsp3) is 0.333. The molecule has 0 aliphatic carbocycles. The summed E-state index contributed by atoms with van der Waals surface area (Å²) in [6.07, 6.45) is 2.44. The summed E-state index contributed by atoms with van der Waals surface area (Å²) in [4.78, 5) is 38.7. The summed E-state index contributed by atoms with van der Waals surface area (Å²) in [7, 11) is 0. The molecule has 2 heterocycles. The van der Waals surface area contributed by atoms with E-state index in [4.69, 9.17) is 9.47 Å². The van der Waals surface area contributed by atoms with Crippen molar-refractivity contribution in [3.63, 3.8) is 0 Å². The third-order valence-corrected chi connectivity index (χ3v) is 5.38. The minimum absolute atomic E-state index is 0.154. The molecule has 2 atom stereocenters. The van der Waals surface area contributed by atoms with Crippen LogP contribution < -0.4 is 10.1 Å². The van der Waals surface area contributed by atoms with E-state index in [-0.39, 0.29) is 17.8 Å². The monoisotopic (exact) mass is 414 g/mol. The maximum absolute atomic E-state index is 11.7. The molecule has 2 amide bonds. The zero-order valence-electron chi connectivity index (χ0n) is 16.2. The molecule has 1 fully saturated rings. The molecule has 0 spiro atoms. The van der Waals surface area contributed by atoms with Crippen LogP contribution in [0.15, 0.2) is 42.6 Å². The van der Waals surface area contributed by atoms with Gasteiger partial charge in [-0.3, -0.25) is 24.7 Å². The zero-order valence-corrected chi connectivity index (χ0v) is 17.0. The van der Waals surface area contributed by atoms with E-state index >= 15 is 0 Å². The molecule has 1 aliphatic rings. The summed E-state index contributed by atoms with van der Waals surface area (Å²) in [5, 5.41) is 1.57. The van der Waals surface area contributed by atoms with Crippen LogP contribution in [-0.4, -0.2) is 34.0 Å². The molecule has 29 heavy (non-hydrogen) atoms. The number of benzene rings is 1. The zero-order chi connectivity index (χ0) is 20.8. The number of hydrogen-bond acceptors (Lipinski definition) is 7. The highest BCUT2D eigenvalue weighted by molar-refractivity contribution is 8.15. The van der Waals surface area contributed by atoms with Crippen molar-refractivity contribution in [2.45, 2.75) is 38.0 Å². The van der Waals surface area contributed by atoms with Gasteiger partial charge in [0.15, 0.2) is 6.10 Å². The minimum Gasteiger partial charge on any atom is -0.489 e. The first-order chi connectivity index (χ1) is 13.9. The Labute approximate surface area is 173 Å². The Bertz CT molecular complexity index is 883. The molecule has 8 heteroatoms. The Morgan fingerprint density at radius 2 is 1.97 bits per heavy atom. The predicted molar refractivity (Wildman–Crippen MR) is 109 cm³/mol. The summed E-state index contributed by atoms with van der Waals surface area (Å²) in [5.41, 5.74) is 2.65. The van der Waals surface area contributed by atoms with Crippen molar-refractivity contribution in [1.82, 2.24) is 10.3 Å². The lowest BCUT2D eigenvalue weighted by atomic mass is 10.1. The number of aromatic nitrogens is 1. The summed E-state index contributed by atoms with van der Waals surface area (Å²) >= 11 is 1.01. The lowest BCUT2D eigenvalue weighted by molar-refractivity contribution is -0.148. The van der Waals surface area contributed by atoms with Crippen molar-refractivity contribution in [3.05, 3.63) is 59.4 Å². The molecule has 1 aromatic carbocycles. The third kappa shape index (κ3) is 5.80. The van der Waals surface area contributed by atoms with Crippen molar-refractivity contribution in [2.24, 2.45) is 0 Å². The molecule has 1 aliphatic heterocycles. The number of thioether (sulfide) groups is 1. The quantitative estimate of drug-likeness (QED) is 0.663. The van der Waals surface area contributed by atoms with Crippen LogP contribution in [0.5, 0.6) is 5.75 Å². The number of hydrogen-bond donors (Lipinski definition) is 1. The highest BCUT2D eigenvalue weighted by Crippen LogP contribution is 2.25. The molecule has 2 aromatic rings. The Hall–Kier alpha value is -2.87. The van der Waals surface area contributed by atoms with E-state index in [1.165, 1.54) is 6.92 Å². The first kappa shape index (κ1) is 20.9. The van der Waals surface area contributed by atoms with E-state index in [0.29, 0.717) is 12.2 Å². The first-order valence-corrected chi connectivity index (χ1v) is 10.2. The van der Waals surface area contributed by atoms with E-state index in [2.05, 4.69) is 10.3 Å². The van der Waals surface area contributed by atoms with Crippen LogP contribution in [0.2, 0.25) is 0 Å².